The number of amides is 1. The van der Waals surface area contributed by atoms with Gasteiger partial charge in [0.1, 0.15) is 6.33 Å². The predicted octanol–water partition coefficient (Wildman–Crippen LogP) is 2.28. The highest BCUT2D eigenvalue weighted by Crippen LogP contribution is 2.21. The predicted molar refractivity (Wildman–Crippen MR) is 111 cm³/mol. The van der Waals surface area contributed by atoms with E-state index in [1.54, 1.807) is 4.90 Å². The highest BCUT2D eigenvalue weighted by molar-refractivity contribution is 5.90. The van der Waals surface area contributed by atoms with Crippen LogP contribution in [0.15, 0.2) is 60.9 Å². The lowest BCUT2D eigenvalue weighted by Gasteiger charge is -2.36. The van der Waals surface area contributed by atoms with E-state index in [0.717, 1.165) is 18.7 Å². The van der Waals surface area contributed by atoms with Gasteiger partial charge in [-0.15, -0.1) is 5.10 Å². The molecule has 0 bridgehead atoms. The summed E-state index contributed by atoms with van der Waals surface area (Å²) in [4.78, 5) is 21.1. The normalized spacial score (nSPS) is 15.4. The average Bonchev–Trinajstić information content (AvgIpc) is 3.23. The summed E-state index contributed by atoms with van der Waals surface area (Å²) in [5.41, 5.74) is 3.27. The Morgan fingerprint density at radius 1 is 1.03 bits per heavy atom. The second kappa shape index (κ2) is 8.45. The van der Waals surface area contributed by atoms with Crippen molar-refractivity contribution in [3.63, 3.8) is 0 Å². The summed E-state index contributed by atoms with van der Waals surface area (Å²) in [7, 11) is 0. The lowest BCUT2D eigenvalue weighted by molar-refractivity contribution is 0.0733. The first-order valence-corrected chi connectivity index (χ1v) is 9.84. The number of benzene rings is 2. The fourth-order valence-corrected chi connectivity index (χ4v) is 3.65. The third-order valence-electron chi connectivity index (χ3n) is 5.30. The number of aromatic nitrogens is 3. The fourth-order valence-electron chi connectivity index (χ4n) is 3.65. The summed E-state index contributed by atoms with van der Waals surface area (Å²) in [5.74, 6) is 0.0111. The molecule has 29 heavy (non-hydrogen) atoms. The molecule has 7 heteroatoms. The Bertz CT molecular complexity index is 964. The van der Waals surface area contributed by atoms with Crippen LogP contribution in [0.3, 0.4) is 0 Å². The van der Waals surface area contributed by atoms with E-state index in [4.69, 9.17) is 0 Å². The lowest BCUT2D eigenvalue weighted by atomic mass is 10.1. The largest absolute Gasteiger partial charge is 0.386 e. The first-order chi connectivity index (χ1) is 14.1. The van der Waals surface area contributed by atoms with Crippen molar-refractivity contribution in [2.24, 2.45) is 0 Å². The van der Waals surface area contributed by atoms with Crippen molar-refractivity contribution >= 4 is 11.6 Å². The number of aliphatic hydroxyl groups is 1. The topological polar surface area (TPSA) is 74.5 Å². The molecule has 0 aliphatic carbocycles. The van der Waals surface area contributed by atoms with Crippen molar-refractivity contribution in [2.75, 3.05) is 31.1 Å². The summed E-state index contributed by atoms with van der Waals surface area (Å²) < 4.78 is 1.52. The molecule has 2 heterocycles. The van der Waals surface area contributed by atoms with Crippen LogP contribution in [0, 0.1) is 6.92 Å². The van der Waals surface area contributed by atoms with Gasteiger partial charge in [0.25, 0.3) is 5.91 Å². The number of carbonyl (C=O) groups excluding carboxylic acids is 1. The van der Waals surface area contributed by atoms with Crippen LogP contribution >= 0.6 is 0 Å². The summed E-state index contributed by atoms with van der Waals surface area (Å²) in [5, 5.41) is 14.6. The highest BCUT2D eigenvalue weighted by atomic mass is 16.3. The fraction of sp³-hybridized carbons (Fsp3) is 0.318. The van der Waals surface area contributed by atoms with Gasteiger partial charge in [0.05, 0.1) is 12.6 Å². The Morgan fingerprint density at radius 3 is 2.45 bits per heavy atom. The Kier molecular flexibility index (Phi) is 5.57. The monoisotopic (exact) mass is 391 g/mol. The van der Waals surface area contributed by atoms with Gasteiger partial charge < -0.3 is 14.9 Å². The second-order valence-electron chi connectivity index (χ2n) is 7.28. The van der Waals surface area contributed by atoms with Crippen molar-refractivity contribution < 1.29 is 9.90 Å². The zero-order valence-electron chi connectivity index (χ0n) is 16.5. The Labute approximate surface area is 170 Å². The van der Waals surface area contributed by atoms with Crippen LogP contribution in [0.2, 0.25) is 0 Å². The molecule has 0 saturated carbocycles. The summed E-state index contributed by atoms with van der Waals surface area (Å²) >= 11 is 0. The zero-order chi connectivity index (χ0) is 20.2. The summed E-state index contributed by atoms with van der Waals surface area (Å²) in [6.45, 7) is 5.19. The molecule has 1 N–H and O–H groups in total. The molecule has 7 nitrogen and oxygen atoms in total. The number of hydrogen-bond acceptors (Lipinski definition) is 5. The molecule has 1 aromatic heterocycles. The maximum Gasteiger partial charge on any atom is 0.293 e. The molecule has 0 spiro atoms. The molecule has 0 unspecified atom stereocenters. The Hall–Kier alpha value is -3.19. The molecule has 1 aliphatic rings. The molecule has 1 aliphatic heterocycles. The minimum Gasteiger partial charge on any atom is -0.386 e. The molecule has 1 fully saturated rings. The van der Waals surface area contributed by atoms with Crippen LogP contribution in [0.4, 0.5) is 5.69 Å². The first kappa shape index (κ1) is 19.1. The highest BCUT2D eigenvalue weighted by Gasteiger charge is 2.25. The molecule has 1 atom stereocenters. The number of anilines is 1. The average molecular weight is 391 g/mol. The van der Waals surface area contributed by atoms with E-state index in [0.29, 0.717) is 13.1 Å². The van der Waals surface area contributed by atoms with Crippen molar-refractivity contribution in [1.82, 2.24) is 19.7 Å². The molecule has 2 aromatic carbocycles. The summed E-state index contributed by atoms with van der Waals surface area (Å²) in [6.07, 6.45) is 0.807. The molecule has 0 radical (unpaired) electrons. The van der Waals surface area contributed by atoms with E-state index < -0.39 is 6.10 Å². The van der Waals surface area contributed by atoms with Crippen LogP contribution in [0.5, 0.6) is 0 Å². The number of piperazine rings is 1. The number of aliphatic hydroxyl groups excluding tert-OH is 1. The van der Waals surface area contributed by atoms with Gasteiger partial charge in [0.15, 0.2) is 0 Å². The Balaban J connectivity index is 1.35. The van der Waals surface area contributed by atoms with E-state index in [1.807, 2.05) is 42.5 Å². The number of carbonyl (C=O) groups is 1. The summed E-state index contributed by atoms with van der Waals surface area (Å²) in [6, 6.07) is 17.7. The van der Waals surface area contributed by atoms with Gasteiger partial charge in [0, 0.05) is 31.9 Å². The van der Waals surface area contributed by atoms with Gasteiger partial charge in [-0.3, -0.25) is 4.79 Å². The number of rotatable bonds is 5. The van der Waals surface area contributed by atoms with Gasteiger partial charge in [-0.1, -0.05) is 48.5 Å². The lowest BCUT2D eigenvalue weighted by Crippen LogP contribution is -2.49. The van der Waals surface area contributed by atoms with Crippen LogP contribution < -0.4 is 4.90 Å². The van der Waals surface area contributed by atoms with Crippen molar-refractivity contribution in [3.8, 4) is 0 Å². The van der Waals surface area contributed by atoms with Crippen LogP contribution in [-0.4, -0.2) is 56.9 Å². The quantitative estimate of drug-likeness (QED) is 0.722. The molecular weight excluding hydrogens is 366 g/mol. The smallest absolute Gasteiger partial charge is 0.293 e. The van der Waals surface area contributed by atoms with Crippen LogP contribution in [0.1, 0.15) is 27.8 Å². The van der Waals surface area contributed by atoms with Gasteiger partial charge >= 0.3 is 0 Å². The molecule has 1 amide bonds. The molecular formula is C22H25N5O2. The van der Waals surface area contributed by atoms with Gasteiger partial charge in [-0.05, 0) is 24.1 Å². The molecule has 3 aromatic rings. The first-order valence-electron chi connectivity index (χ1n) is 9.84. The minimum atomic E-state index is -0.696. The van der Waals surface area contributed by atoms with Gasteiger partial charge in [-0.25, -0.2) is 9.67 Å². The second-order valence-corrected chi connectivity index (χ2v) is 7.28. The van der Waals surface area contributed by atoms with Crippen LogP contribution in [-0.2, 0) is 6.54 Å². The molecule has 4 rings (SSSR count). The van der Waals surface area contributed by atoms with E-state index in [-0.39, 0.29) is 18.3 Å². The van der Waals surface area contributed by atoms with Crippen molar-refractivity contribution in [3.05, 3.63) is 77.9 Å². The minimum absolute atomic E-state index is 0.164. The Morgan fingerprint density at radius 2 is 1.72 bits per heavy atom. The third-order valence-corrected chi connectivity index (χ3v) is 5.30. The maximum absolute atomic E-state index is 12.8. The van der Waals surface area contributed by atoms with Crippen molar-refractivity contribution in [1.29, 1.82) is 0 Å². The SMILES string of the molecule is Cc1ccccc1N1CCN(C(=O)c2ncn(C[C@H](O)c3ccccc3)n2)CC1. The third kappa shape index (κ3) is 4.30. The van der Waals surface area contributed by atoms with E-state index in [2.05, 4.69) is 34.0 Å². The van der Waals surface area contributed by atoms with E-state index in [1.165, 1.54) is 22.3 Å². The maximum atomic E-state index is 12.8. The number of aryl methyl sites for hydroxylation is 1. The molecule has 150 valence electrons. The number of para-hydroxylation sites is 1. The van der Waals surface area contributed by atoms with Crippen molar-refractivity contribution in [2.45, 2.75) is 19.6 Å². The standard InChI is InChI=1S/C22H25N5O2/c1-17-7-5-6-10-19(17)25-11-13-26(14-12-25)22(29)21-23-16-27(24-21)15-20(28)18-8-3-2-4-9-18/h2-10,16,20,28H,11-15H2,1H3/t20-/m0/s1. The molecule has 1 saturated heterocycles. The zero-order valence-corrected chi connectivity index (χ0v) is 16.5. The van der Waals surface area contributed by atoms with Gasteiger partial charge in [0.2, 0.25) is 5.82 Å². The van der Waals surface area contributed by atoms with Gasteiger partial charge in [-0.2, -0.15) is 0 Å². The van der Waals surface area contributed by atoms with E-state index >= 15 is 0 Å². The number of hydrogen-bond donors (Lipinski definition) is 1. The van der Waals surface area contributed by atoms with Crippen LogP contribution in [0.25, 0.3) is 0 Å². The van der Waals surface area contributed by atoms with E-state index in [9.17, 15) is 9.90 Å². The number of nitrogens with zero attached hydrogens (tertiary/aromatic N) is 5.